The summed E-state index contributed by atoms with van der Waals surface area (Å²) < 4.78 is 4.99. The van der Waals surface area contributed by atoms with Crippen molar-refractivity contribution in [3.8, 4) is 12.3 Å². The molecular weight excluding hydrogens is 182 g/mol. The number of hydrogen-bond donors (Lipinski definition) is 0. The summed E-state index contributed by atoms with van der Waals surface area (Å²) in [4.78, 5) is 23.9. The molecule has 0 aromatic carbocycles. The van der Waals surface area contributed by atoms with Gasteiger partial charge in [-0.25, -0.2) is 0 Å². The van der Waals surface area contributed by atoms with E-state index in [4.69, 9.17) is 11.2 Å². The van der Waals surface area contributed by atoms with Crippen LogP contribution in [-0.2, 0) is 14.3 Å². The molecule has 1 fully saturated rings. The molecule has 1 aliphatic rings. The predicted molar refractivity (Wildman–Crippen MR) is 50.2 cm³/mol. The SMILES string of the molecule is C#CCOCCN1C(=O)CC(C)C1=O. The Bertz CT molecular complexity index is 280. The first kappa shape index (κ1) is 10.7. The van der Waals surface area contributed by atoms with Crippen molar-refractivity contribution in [2.24, 2.45) is 5.92 Å². The molecule has 2 amide bonds. The zero-order chi connectivity index (χ0) is 10.6. The minimum absolute atomic E-state index is 0.112. The lowest BCUT2D eigenvalue weighted by Gasteiger charge is -2.13. The van der Waals surface area contributed by atoms with Crippen molar-refractivity contribution in [2.75, 3.05) is 19.8 Å². The Morgan fingerprint density at radius 1 is 1.64 bits per heavy atom. The van der Waals surface area contributed by atoms with E-state index in [2.05, 4.69) is 5.92 Å². The Hall–Kier alpha value is -1.34. The largest absolute Gasteiger partial charge is 0.367 e. The molecule has 0 radical (unpaired) electrons. The average molecular weight is 195 g/mol. The molecule has 1 heterocycles. The molecule has 1 rings (SSSR count). The van der Waals surface area contributed by atoms with E-state index in [0.717, 1.165) is 0 Å². The maximum atomic E-state index is 11.4. The first-order valence-electron chi connectivity index (χ1n) is 4.52. The highest BCUT2D eigenvalue weighted by Gasteiger charge is 2.34. The second-order valence-corrected chi connectivity index (χ2v) is 3.25. The molecule has 4 nitrogen and oxygen atoms in total. The van der Waals surface area contributed by atoms with Gasteiger partial charge in [0, 0.05) is 12.3 Å². The van der Waals surface area contributed by atoms with Crippen LogP contribution >= 0.6 is 0 Å². The number of likely N-dealkylation sites (tertiary alicyclic amines) is 1. The summed E-state index contributed by atoms with van der Waals surface area (Å²) in [7, 11) is 0. The van der Waals surface area contributed by atoms with E-state index >= 15 is 0 Å². The van der Waals surface area contributed by atoms with E-state index < -0.39 is 0 Å². The van der Waals surface area contributed by atoms with Gasteiger partial charge in [0.15, 0.2) is 0 Å². The minimum Gasteiger partial charge on any atom is -0.367 e. The van der Waals surface area contributed by atoms with Gasteiger partial charge < -0.3 is 4.74 Å². The first-order valence-corrected chi connectivity index (χ1v) is 4.52. The van der Waals surface area contributed by atoms with Gasteiger partial charge in [-0.05, 0) is 0 Å². The molecule has 1 unspecified atom stereocenters. The summed E-state index contributed by atoms with van der Waals surface area (Å²) in [5.74, 6) is 1.90. The zero-order valence-corrected chi connectivity index (χ0v) is 8.16. The second kappa shape index (κ2) is 4.77. The number of nitrogens with zero attached hydrogens (tertiary/aromatic N) is 1. The van der Waals surface area contributed by atoms with Gasteiger partial charge in [0.05, 0.1) is 13.2 Å². The molecule has 0 aromatic rings. The standard InChI is InChI=1S/C10H13NO3/c1-3-5-14-6-4-11-9(12)7-8(2)10(11)13/h1,8H,4-7H2,2H3. The average Bonchev–Trinajstić information content (AvgIpc) is 2.38. The Labute approximate surface area is 83.2 Å². The topological polar surface area (TPSA) is 46.6 Å². The summed E-state index contributed by atoms with van der Waals surface area (Å²) in [6.45, 7) is 2.59. The molecule has 4 heteroatoms. The lowest BCUT2D eigenvalue weighted by molar-refractivity contribution is -0.140. The number of hydrogen-bond acceptors (Lipinski definition) is 3. The molecule has 76 valence electrons. The van der Waals surface area contributed by atoms with Crippen molar-refractivity contribution >= 4 is 11.8 Å². The van der Waals surface area contributed by atoms with Crippen molar-refractivity contribution in [1.29, 1.82) is 0 Å². The molecule has 0 aromatic heterocycles. The quantitative estimate of drug-likeness (QED) is 0.361. The Morgan fingerprint density at radius 2 is 2.36 bits per heavy atom. The van der Waals surface area contributed by atoms with Crippen LogP contribution in [0.5, 0.6) is 0 Å². The van der Waals surface area contributed by atoms with Crippen LogP contribution in [0.25, 0.3) is 0 Å². The third-order valence-corrected chi connectivity index (χ3v) is 2.11. The van der Waals surface area contributed by atoms with Crippen LogP contribution < -0.4 is 0 Å². The van der Waals surface area contributed by atoms with Crippen LogP contribution in [-0.4, -0.2) is 36.5 Å². The van der Waals surface area contributed by atoms with Gasteiger partial charge in [-0.15, -0.1) is 6.42 Å². The number of terminal acetylenes is 1. The monoisotopic (exact) mass is 195 g/mol. The number of imide groups is 1. The summed E-state index contributed by atoms with van der Waals surface area (Å²) >= 11 is 0. The summed E-state index contributed by atoms with van der Waals surface area (Å²) in [6.07, 6.45) is 5.29. The molecule has 0 bridgehead atoms. The molecule has 0 aliphatic carbocycles. The fourth-order valence-electron chi connectivity index (χ4n) is 1.37. The summed E-state index contributed by atoms with van der Waals surface area (Å²) in [6, 6.07) is 0. The second-order valence-electron chi connectivity index (χ2n) is 3.25. The fourth-order valence-corrected chi connectivity index (χ4v) is 1.37. The van der Waals surface area contributed by atoms with E-state index in [-0.39, 0.29) is 24.3 Å². The highest BCUT2D eigenvalue weighted by atomic mass is 16.5. The van der Waals surface area contributed by atoms with Gasteiger partial charge in [0.2, 0.25) is 11.8 Å². The Kier molecular flexibility index (Phi) is 3.66. The highest BCUT2D eigenvalue weighted by molar-refractivity contribution is 6.03. The van der Waals surface area contributed by atoms with Crippen molar-refractivity contribution < 1.29 is 14.3 Å². The fraction of sp³-hybridized carbons (Fsp3) is 0.600. The third kappa shape index (κ3) is 2.33. The van der Waals surface area contributed by atoms with Gasteiger partial charge in [0.1, 0.15) is 6.61 Å². The van der Waals surface area contributed by atoms with Crippen LogP contribution in [0.2, 0.25) is 0 Å². The number of rotatable bonds is 4. The van der Waals surface area contributed by atoms with Crippen molar-refractivity contribution in [2.45, 2.75) is 13.3 Å². The number of carbonyl (C=O) groups excluding carboxylic acids is 2. The van der Waals surface area contributed by atoms with Gasteiger partial charge >= 0.3 is 0 Å². The molecule has 0 saturated carbocycles. The van der Waals surface area contributed by atoms with Crippen molar-refractivity contribution in [3.63, 3.8) is 0 Å². The van der Waals surface area contributed by atoms with Gasteiger partial charge in [-0.2, -0.15) is 0 Å². The van der Waals surface area contributed by atoms with Gasteiger partial charge in [-0.3, -0.25) is 14.5 Å². The molecule has 0 spiro atoms. The van der Waals surface area contributed by atoms with E-state index in [9.17, 15) is 9.59 Å². The number of ether oxygens (including phenoxy) is 1. The lowest BCUT2D eigenvalue weighted by Crippen LogP contribution is -2.33. The zero-order valence-electron chi connectivity index (χ0n) is 8.16. The molecule has 14 heavy (non-hydrogen) atoms. The van der Waals surface area contributed by atoms with Crippen molar-refractivity contribution in [1.82, 2.24) is 4.90 Å². The smallest absolute Gasteiger partial charge is 0.232 e. The predicted octanol–water partition coefficient (Wildman–Crippen LogP) is 0.0312. The number of carbonyl (C=O) groups is 2. The first-order chi connectivity index (χ1) is 6.66. The van der Waals surface area contributed by atoms with Crippen LogP contribution in [0.1, 0.15) is 13.3 Å². The maximum Gasteiger partial charge on any atom is 0.232 e. The normalized spacial score (nSPS) is 21.4. The maximum absolute atomic E-state index is 11.4. The van der Waals surface area contributed by atoms with Crippen molar-refractivity contribution in [3.05, 3.63) is 0 Å². The van der Waals surface area contributed by atoms with Crippen LogP contribution in [0, 0.1) is 18.3 Å². The molecule has 0 N–H and O–H groups in total. The van der Waals surface area contributed by atoms with Gasteiger partial charge in [-0.1, -0.05) is 12.8 Å². The van der Waals surface area contributed by atoms with Crippen LogP contribution in [0.3, 0.4) is 0 Å². The Balaban J connectivity index is 2.34. The molecular formula is C10H13NO3. The van der Waals surface area contributed by atoms with Gasteiger partial charge in [0.25, 0.3) is 0 Å². The molecule has 1 aliphatic heterocycles. The minimum atomic E-state index is -0.185. The summed E-state index contributed by atoms with van der Waals surface area (Å²) in [5.41, 5.74) is 0. The molecule has 1 atom stereocenters. The van der Waals surface area contributed by atoms with E-state index in [0.29, 0.717) is 19.6 Å². The lowest BCUT2D eigenvalue weighted by atomic mass is 10.1. The van der Waals surface area contributed by atoms with Crippen LogP contribution in [0.15, 0.2) is 0 Å². The van der Waals surface area contributed by atoms with E-state index in [1.807, 2.05) is 0 Å². The third-order valence-electron chi connectivity index (χ3n) is 2.11. The van der Waals surface area contributed by atoms with E-state index in [1.54, 1.807) is 6.92 Å². The Morgan fingerprint density at radius 3 is 2.86 bits per heavy atom. The highest BCUT2D eigenvalue weighted by Crippen LogP contribution is 2.17. The van der Waals surface area contributed by atoms with Crippen LogP contribution in [0.4, 0.5) is 0 Å². The van der Waals surface area contributed by atoms with E-state index in [1.165, 1.54) is 4.90 Å². The molecule has 1 saturated heterocycles. The number of amides is 2. The summed E-state index contributed by atoms with van der Waals surface area (Å²) in [5, 5.41) is 0.